The van der Waals surface area contributed by atoms with Crippen molar-refractivity contribution in [3.05, 3.63) is 53.3 Å². The van der Waals surface area contributed by atoms with E-state index in [0.29, 0.717) is 31.0 Å². The van der Waals surface area contributed by atoms with Gasteiger partial charge in [0.2, 0.25) is 5.95 Å². The number of anilines is 2. The van der Waals surface area contributed by atoms with Gasteiger partial charge in [-0.2, -0.15) is 4.98 Å². The predicted octanol–water partition coefficient (Wildman–Crippen LogP) is 2.60. The zero-order chi connectivity index (χ0) is 23.2. The maximum Gasteiger partial charge on any atom is 0.273 e. The van der Waals surface area contributed by atoms with Crippen LogP contribution in [0.5, 0.6) is 0 Å². The van der Waals surface area contributed by atoms with Crippen LogP contribution in [0.3, 0.4) is 0 Å². The van der Waals surface area contributed by atoms with Crippen molar-refractivity contribution in [1.29, 1.82) is 0 Å². The Morgan fingerprint density at radius 2 is 2.03 bits per heavy atom. The van der Waals surface area contributed by atoms with E-state index in [0.717, 1.165) is 22.0 Å². The number of pyridine rings is 1. The number of nitrogens with zero attached hydrogens (tertiary/aromatic N) is 4. The molecule has 0 radical (unpaired) electrons. The summed E-state index contributed by atoms with van der Waals surface area (Å²) in [5.74, 6) is 0.905. The molecule has 0 spiro atoms. The molecule has 33 heavy (non-hydrogen) atoms. The lowest BCUT2D eigenvalue weighted by Crippen LogP contribution is -2.31. The molecule has 4 heterocycles. The molecule has 0 saturated carbocycles. The molecule has 2 aliphatic heterocycles. The minimum absolute atomic E-state index is 0.0284. The third-order valence-corrected chi connectivity index (χ3v) is 7.86. The zero-order valence-corrected chi connectivity index (χ0v) is 19.4. The molecule has 2 aliphatic rings. The highest BCUT2D eigenvalue weighted by atomic mass is 32.2. The lowest BCUT2D eigenvalue weighted by atomic mass is 10.1. The molecule has 5 rings (SSSR count). The third-order valence-electron chi connectivity index (χ3n) is 6.10. The van der Waals surface area contributed by atoms with E-state index in [1.807, 2.05) is 44.3 Å². The van der Waals surface area contributed by atoms with E-state index in [1.54, 1.807) is 4.90 Å². The summed E-state index contributed by atoms with van der Waals surface area (Å²) in [5.41, 5.74) is 3.04. The van der Waals surface area contributed by atoms with E-state index < -0.39 is 9.84 Å². The highest BCUT2D eigenvalue weighted by molar-refractivity contribution is 7.91. The van der Waals surface area contributed by atoms with Crippen LogP contribution < -0.4 is 10.6 Å². The second kappa shape index (κ2) is 8.26. The third kappa shape index (κ3) is 4.35. The fourth-order valence-corrected chi connectivity index (χ4v) is 5.98. The van der Waals surface area contributed by atoms with Gasteiger partial charge in [0.1, 0.15) is 11.5 Å². The summed E-state index contributed by atoms with van der Waals surface area (Å²) in [4.78, 5) is 28.4. The van der Waals surface area contributed by atoms with Crippen LogP contribution in [0.25, 0.3) is 10.9 Å². The van der Waals surface area contributed by atoms with Gasteiger partial charge in [-0.3, -0.25) is 9.78 Å². The van der Waals surface area contributed by atoms with E-state index in [1.165, 1.54) is 0 Å². The number of fused-ring (bicyclic) bond motifs is 2. The highest BCUT2D eigenvalue weighted by Crippen LogP contribution is 2.30. The topological polar surface area (TPSA) is 117 Å². The summed E-state index contributed by atoms with van der Waals surface area (Å²) in [6.45, 7) is 4.85. The molecular weight excluding hydrogens is 440 g/mol. The molecule has 2 aromatic heterocycles. The summed E-state index contributed by atoms with van der Waals surface area (Å²) >= 11 is 0. The summed E-state index contributed by atoms with van der Waals surface area (Å²) in [7, 11) is -3.05. The van der Waals surface area contributed by atoms with Gasteiger partial charge in [0.15, 0.2) is 9.84 Å². The number of hydrogen-bond acceptors (Lipinski definition) is 8. The maximum atomic E-state index is 13.0. The van der Waals surface area contributed by atoms with Crippen LogP contribution >= 0.6 is 0 Å². The molecule has 1 unspecified atom stereocenters. The van der Waals surface area contributed by atoms with Gasteiger partial charge in [0, 0.05) is 35.8 Å². The Morgan fingerprint density at radius 3 is 2.79 bits per heavy atom. The van der Waals surface area contributed by atoms with Gasteiger partial charge >= 0.3 is 0 Å². The molecular formula is C23H26N6O3S. The number of nitrogens with one attached hydrogen (secondary N) is 2. The van der Waals surface area contributed by atoms with E-state index in [9.17, 15) is 13.2 Å². The van der Waals surface area contributed by atoms with Crippen LogP contribution in [0.2, 0.25) is 0 Å². The molecule has 0 aliphatic carbocycles. The molecule has 1 saturated heterocycles. The first-order valence-electron chi connectivity index (χ1n) is 11.1. The Morgan fingerprint density at radius 1 is 1.21 bits per heavy atom. The number of sulfone groups is 1. The molecule has 3 aromatic rings. The SMILES string of the molecule is CC(C)N1Cc2c(NCc3cnc4ccccc4c3)nc(NC3CCS(=O)(=O)C3)nc2C1=O. The van der Waals surface area contributed by atoms with E-state index in [4.69, 9.17) is 0 Å². The van der Waals surface area contributed by atoms with Crippen molar-refractivity contribution >= 4 is 38.4 Å². The number of aromatic nitrogens is 3. The molecule has 0 bridgehead atoms. The van der Waals surface area contributed by atoms with Crippen molar-refractivity contribution in [3.8, 4) is 0 Å². The second-order valence-corrected chi connectivity index (χ2v) is 11.1. The average molecular weight is 467 g/mol. The first-order valence-corrected chi connectivity index (χ1v) is 12.9. The molecule has 9 nitrogen and oxygen atoms in total. The van der Waals surface area contributed by atoms with Gasteiger partial charge in [0.05, 0.1) is 23.6 Å². The van der Waals surface area contributed by atoms with Crippen molar-refractivity contribution in [1.82, 2.24) is 19.9 Å². The standard InChI is InChI=1S/C23H26N6O3S/c1-14(2)29-12-18-20(22(29)30)27-23(26-17-7-8-33(31,32)13-17)28-21(18)25-11-15-9-16-5-3-4-6-19(16)24-10-15/h3-6,9-10,14,17H,7-8,11-13H2,1-2H3,(H2,25,26,27,28). The lowest BCUT2D eigenvalue weighted by molar-refractivity contribution is 0.0726. The molecule has 1 atom stereocenters. The number of rotatable bonds is 6. The quantitative estimate of drug-likeness (QED) is 0.569. The van der Waals surface area contributed by atoms with Crippen molar-refractivity contribution in [2.45, 2.75) is 45.4 Å². The first-order chi connectivity index (χ1) is 15.8. The lowest BCUT2D eigenvalue weighted by Gasteiger charge is -2.19. The van der Waals surface area contributed by atoms with Gasteiger partial charge in [-0.1, -0.05) is 18.2 Å². The molecule has 1 fully saturated rings. The van der Waals surface area contributed by atoms with Crippen LogP contribution in [0, 0.1) is 0 Å². The maximum absolute atomic E-state index is 13.0. The zero-order valence-electron chi connectivity index (χ0n) is 18.6. The Hall–Kier alpha value is -3.27. The number of carbonyl (C=O) groups excluding carboxylic acids is 1. The molecule has 2 N–H and O–H groups in total. The molecule has 10 heteroatoms. The van der Waals surface area contributed by atoms with E-state index in [2.05, 4.69) is 31.7 Å². The number of carbonyl (C=O) groups is 1. The Balaban J connectivity index is 1.44. The number of benzene rings is 1. The van der Waals surface area contributed by atoms with E-state index in [-0.39, 0.29) is 35.4 Å². The first kappa shape index (κ1) is 21.6. The van der Waals surface area contributed by atoms with E-state index >= 15 is 0 Å². The van der Waals surface area contributed by atoms with Gasteiger partial charge in [-0.15, -0.1) is 0 Å². The summed E-state index contributed by atoms with van der Waals surface area (Å²) in [6, 6.07) is 9.77. The number of para-hydroxylation sites is 1. The largest absolute Gasteiger partial charge is 0.365 e. The second-order valence-electron chi connectivity index (χ2n) is 8.88. The van der Waals surface area contributed by atoms with Gasteiger partial charge in [-0.25, -0.2) is 13.4 Å². The van der Waals surface area contributed by atoms with Crippen molar-refractivity contribution in [3.63, 3.8) is 0 Å². The minimum atomic E-state index is -3.05. The Bertz CT molecular complexity index is 1340. The normalized spacial score (nSPS) is 19.3. The van der Waals surface area contributed by atoms with Crippen molar-refractivity contribution < 1.29 is 13.2 Å². The summed E-state index contributed by atoms with van der Waals surface area (Å²) in [6.07, 6.45) is 2.32. The van der Waals surface area contributed by atoms with Crippen LogP contribution in [-0.4, -0.2) is 57.8 Å². The molecule has 1 amide bonds. The van der Waals surface area contributed by atoms with Gasteiger partial charge in [-0.05, 0) is 38.0 Å². The fourth-order valence-electron chi connectivity index (χ4n) is 4.31. The van der Waals surface area contributed by atoms with Gasteiger partial charge in [0.25, 0.3) is 5.91 Å². The van der Waals surface area contributed by atoms with Crippen LogP contribution in [0.1, 0.15) is 41.9 Å². The summed E-state index contributed by atoms with van der Waals surface area (Å²) in [5, 5.41) is 7.54. The molecule has 1 aromatic carbocycles. The van der Waals surface area contributed by atoms with Crippen molar-refractivity contribution in [2.75, 3.05) is 22.1 Å². The molecule has 172 valence electrons. The average Bonchev–Trinajstić information content (AvgIpc) is 3.30. The van der Waals surface area contributed by atoms with Crippen LogP contribution in [-0.2, 0) is 22.9 Å². The monoisotopic (exact) mass is 466 g/mol. The van der Waals surface area contributed by atoms with Crippen LogP contribution in [0.15, 0.2) is 36.5 Å². The predicted molar refractivity (Wildman–Crippen MR) is 127 cm³/mol. The minimum Gasteiger partial charge on any atom is -0.365 e. The smallest absolute Gasteiger partial charge is 0.273 e. The highest BCUT2D eigenvalue weighted by Gasteiger charge is 2.35. The summed E-state index contributed by atoms with van der Waals surface area (Å²) < 4.78 is 23.7. The van der Waals surface area contributed by atoms with Crippen LogP contribution in [0.4, 0.5) is 11.8 Å². The number of hydrogen-bond donors (Lipinski definition) is 2. The van der Waals surface area contributed by atoms with Gasteiger partial charge < -0.3 is 15.5 Å². The fraction of sp³-hybridized carbons (Fsp3) is 0.391. The Labute approximate surface area is 192 Å². The Kier molecular flexibility index (Phi) is 5.40. The van der Waals surface area contributed by atoms with Crippen molar-refractivity contribution in [2.24, 2.45) is 0 Å². The number of amides is 1.